The van der Waals surface area contributed by atoms with E-state index in [0.29, 0.717) is 17.0 Å². The average Bonchev–Trinajstić information content (AvgIpc) is 3.39. The van der Waals surface area contributed by atoms with E-state index in [4.69, 9.17) is 15.2 Å². The summed E-state index contributed by atoms with van der Waals surface area (Å²) in [7, 11) is 1.31. The number of nitrogens with one attached hydrogen (secondary N) is 1. The number of hydrogen-bond acceptors (Lipinski definition) is 7. The number of fused-ring (bicyclic) bond motifs is 2. The molecule has 45 heavy (non-hydrogen) atoms. The van der Waals surface area contributed by atoms with Crippen molar-refractivity contribution in [2.45, 2.75) is 30.5 Å². The minimum absolute atomic E-state index is 0.0789. The SMILES string of the molecule is COc1cc(C(=O)NCC(O)(c2cc3c(c(-c4ccc(F)cc4)n2)OC[C@@]3(C(N)=O)C(F)F)C(F)(F)F)cc2cc(C)cnc12. The van der Waals surface area contributed by atoms with E-state index in [1.165, 1.54) is 19.2 Å². The molecule has 0 saturated carbocycles. The molecule has 5 rings (SSSR count). The summed E-state index contributed by atoms with van der Waals surface area (Å²) >= 11 is 0. The highest BCUT2D eigenvalue weighted by Crippen LogP contribution is 2.49. The summed E-state index contributed by atoms with van der Waals surface area (Å²) in [5.41, 5.74) is -3.17. The third kappa shape index (κ3) is 5.26. The van der Waals surface area contributed by atoms with Crippen LogP contribution in [0.2, 0.25) is 0 Å². The predicted molar refractivity (Wildman–Crippen MR) is 147 cm³/mol. The number of carbonyl (C=O) groups is 2. The molecule has 0 aliphatic carbocycles. The van der Waals surface area contributed by atoms with Gasteiger partial charge < -0.3 is 25.6 Å². The summed E-state index contributed by atoms with van der Waals surface area (Å²) in [6.07, 6.45) is -7.53. The first kappa shape index (κ1) is 31.5. The number of aryl methyl sites for hydroxylation is 1. The zero-order valence-electron chi connectivity index (χ0n) is 23.5. The van der Waals surface area contributed by atoms with Crippen LogP contribution in [0, 0.1) is 12.7 Å². The third-order valence-corrected chi connectivity index (χ3v) is 7.59. The van der Waals surface area contributed by atoms with Crippen molar-refractivity contribution in [2.75, 3.05) is 20.3 Å². The number of hydrogen-bond donors (Lipinski definition) is 3. The van der Waals surface area contributed by atoms with E-state index >= 15 is 0 Å². The summed E-state index contributed by atoms with van der Waals surface area (Å²) in [6, 6.07) is 8.80. The van der Waals surface area contributed by atoms with Crippen LogP contribution < -0.4 is 20.5 Å². The number of benzene rings is 2. The van der Waals surface area contributed by atoms with Gasteiger partial charge >= 0.3 is 6.18 Å². The molecular weight excluding hydrogens is 610 g/mol. The molecule has 3 heterocycles. The molecule has 2 atom stereocenters. The molecule has 2 aromatic carbocycles. The Morgan fingerprint density at radius 3 is 2.44 bits per heavy atom. The van der Waals surface area contributed by atoms with Gasteiger partial charge in [0.25, 0.3) is 12.3 Å². The maximum absolute atomic E-state index is 14.7. The molecular formula is C30H24F6N4O5. The van der Waals surface area contributed by atoms with Gasteiger partial charge in [-0.25, -0.2) is 18.2 Å². The third-order valence-electron chi connectivity index (χ3n) is 7.59. The van der Waals surface area contributed by atoms with Gasteiger partial charge in [-0.1, -0.05) is 0 Å². The molecule has 0 spiro atoms. The summed E-state index contributed by atoms with van der Waals surface area (Å²) in [4.78, 5) is 33.6. The van der Waals surface area contributed by atoms with Crippen LogP contribution in [-0.4, -0.2) is 59.8 Å². The largest absolute Gasteiger partial charge is 0.494 e. The zero-order chi connectivity index (χ0) is 32.9. The van der Waals surface area contributed by atoms with Crippen molar-refractivity contribution in [1.29, 1.82) is 0 Å². The van der Waals surface area contributed by atoms with Gasteiger partial charge in [-0.15, -0.1) is 0 Å². The predicted octanol–water partition coefficient (Wildman–Crippen LogP) is 4.31. The van der Waals surface area contributed by atoms with Crippen LogP contribution in [-0.2, 0) is 15.8 Å². The van der Waals surface area contributed by atoms with E-state index in [1.807, 2.05) is 5.32 Å². The molecule has 15 heteroatoms. The van der Waals surface area contributed by atoms with Crippen LogP contribution in [0.4, 0.5) is 26.3 Å². The maximum atomic E-state index is 14.7. The second-order valence-corrected chi connectivity index (χ2v) is 10.5. The average molecular weight is 635 g/mol. The quantitative estimate of drug-likeness (QED) is 0.246. The fraction of sp³-hybridized carbons (Fsp3) is 0.267. The Labute approximate surface area is 251 Å². The minimum Gasteiger partial charge on any atom is -0.494 e. The highest BCUT2D eigenvalue weighted by Gasteiger charge is 2.59. The van der Waals surface area contributed by atoms with Crippen LogP contribution in [0.5, 0.6) is 11.5 Å². The highest BCUT2D eigenvalue weighted by molar-refractivity contribution is 6.00. The van der Waals surface area contributed by atoms with Crippen LogP contribution >= 0.6 is 0 Å². The highest BCUT2D eigenvalue weighted by atomic mass is 19.4. The Balaban J connectivity index is 1.62. The molecule has 0 fully saturated rings. The summed E-state index contributed by atoms with van der Waals surface area (Å²) in [5.74, 6) is -3.72. The molecule has 1 aliphatic rings. The molecule has 4 N–H and O–H groups in total. The van der Waals surface area contributed by atoms with Crippen molar-refractivity contribution in [1.82, 2.24) is 15.3 Å². The monoisotopic (exact) mass is 634 g/mol. The van der Waals surface area contributed by atoms with E-state index in [9.17, 15) is 41.0 Å². The lowest BCUT2D eigenvalue weighted by molar-refractivity contribution is -0.265. The van der Waals surface area contributed by atoms with E-state index < -0.39 is 77.1 Å². The van der Waals surface area contributed by atoms with Crippen LogP contribution in [0.1, 0.15) is 27.2 Å². The normalized spacial score (nSPS) is 17.5. The molecule has 0 radical (unpaired) electrons. The van der Waals surface area contributed by atoms with Crippen molar-refractivity contribution >= 4 is 22.7 Å². The van der Waals surface area contributed by atoms with Gasteiger partial charge in [-0.2, -0.15) is 13.2 Å². The Morgan fingerprint density at radius 1 is 1.16 bits per heavy atom. The number of nitrogens with two attached hydrogens (primary N) is 1. The summed E-state index contributed by atoms with van der Waals surface area (Å²) in [5, 5.41) is 13.7. The fourth-order valence-electron chi connectivity index (χ4n) is 5.04. The van der Waals surface area contributed by atoms with Crippen molar-refractivity contribution < 1.29 is 50.5 Å². The number of pyridine rings is 2. The molecule has 1 unspecified atom stereocenters. The molecule has 9 nitrogen and oxygen atoms in total. The number of rotatable bonds is 8. The number of carbonyl (C=O) groups excluding carboxylic acids is 2. The van der Waals surface area contributed by atoms with Crippen LogP contribution in [0.25, 0.3) is 22.2 Å². The number of primary amides is 1. The number of nitrogens with zero attached hydrogens (tertiary/aromatic N) is 2. The number of amides is 2. The van der Waals surface area contributed by atoms with E-state index in [1.54, 1.807) is 19.2 Å². The minimum atomic E-state index is -5.55. The topological polar surface area (TPSA) is 137 Å². The number of ether oxygens (including phenoxy) is 2. The first-order valence-electron chi connectivity index (χ1n) is 13.2. The lowest BCUT2D eigenvalue weighted by atomic mass is 9.80. The second kappa shape index (κ2) is 11.2. The second-order valence-electron chi connectivity index (χ2n) is 10.5. The number of aromatic nitrogens is 2. The Bertz CT molecular complexity index is 1820. The van der Waals surface area contributed by atoms with E-state index in [2.05, 4.69) is 9.97 Å². The molecule has 2 amide bonds. The molecule has 1 aliphatic heterocycles. The molecule has 2 aromatic heterocycles. The first-order chi connectivity index (χ1) is 21.1. The Hall–Kier alpha value is -4.92. The van der Waals surface area contributed by atoms with Gasteiger partial charge in [0.2, 0.25) is 11.5 Å². The summed E-state index contributed by atoms with van der Waals surface area (Å²) in [6.45, 7) is -0.825. The number of aliphatic hydroxyl groups is 1. The van der Waals surface area contributed by atoms with Gasteiger partial charge in [-0.05, 0) is 61.0 Å². The number of methoxy groups -OCH3 is 1. The van der Waals surface area contributed by atoms with Gasteiger partial charge in [0.1, 0.15) is 35.1 Å². The van der Waals surface area contributed by atoms with Crippen LogP contribution in [0.15, 0.2) is 54.7 Å². The smallest absolute Gasteiger partial charge is 0.424 e. The standard InChI is InChI=1S/C30H24F6N4O5/c1-14-7-16-8-17(9-20(44-2)22(16)38-11-14)25(41)39-12-29(43,30(34,35)36)21-10-19-24(45-13-28(19,26(32)33)27(37)42)23(40-21)15-3-5-18(31)6-4-15/h3-11,26,43H,12-13H2,1-2H3,(H2,37,42)(H,39,41)/t28-,29?/m0/s1. The van der Waals surface area contributed by atoms with E-state index in [0.717, 1.165) is 29.8 Å². The first-order valence-corrected chi connectivity index (χ1v) is 13.2. The van der Waals surface area contributed by atoms with Gasteiger partial charge in [0.15, 0.2) is 5.41 Å². The number of halogens is 6. The lowest BCUT2D eigenvalue weighted by Crippen LogP contribution is -2.52. The fourth-order valence-corrected chi connectivity index (χ4v) is 5.04. The van der Waals surface area contributed by atoms with Gasteiger partial charge in [-0.3, -0.25) is 14.6 Å². The molecule has 0 saturated heterocycles. The van der Waals surface area contributed by atoms with Gasteiger partial charge in [0.05, 0.1) is 19.3 Å². The van der Waals surface area contributed by atoms with Gasteiger partial charge in [0, 0.05) is 28.3 Å². The maximum Gasteiger partial charge on any atom is 0.424 e. The Kier molecular flexibility index (Phi) is 7.85. The Morgan fingerprint density at radius 2 is 1.84 bits per heavy atom. The molecule has 4 aromatic rings. The molecule has 236 valence electrons. The van der Waals surface area contributed by atoms with Crippen molar-refractivity contribution in [2.24, 2.45) is 5.73 Å². The molecule has 0 bridgehead atoms. The van der Waals surface area contributed by atoms with E-state index in [-0.39, 0.29) is 16.9 Å². The zero-order valence-corrected chi connectivity index (χ0v) is 23.5. The van der Waals surface area contributed by atoms with Crippen molar-refractivity contribution in [3.63, 3.8) is 0 Å². The summed E-state index contributed by atoms with van der Waals surface area (Å²) < 4.78 is 97.1. The van der Waals surface area contributed by atoms with Crippen LogP contribution in [0.3, 0.4) is 0 Å². The van der Waals surface area contributed by atoms with Crippen molar-refractivity contribution in [3.8, 4) is 22.8 Å². The van der Waals surface area contributed by atoms with Crippen molar-refractivity contribution in [3.05, 3.63) is 82.9 Å². The number of alkyl halides is 5. The lowest BCUT2D eigenvalue weighted by Gasteiger charge is -2.32.